The van der Waals surface area contributed by atoms with Crippen molar-refractivity contribution in [2.75, 3.05) is 13.1 Å². The van der Waals surface area contributed by atoms with Gasteiger partial charge in [0.15, 0.2) is 0 Å². The third-order valence-electron chi connectivity index (χ3n) is 3.37. The molecule has 1 aliphatic rings. The smallest absolute Gasteiger partial charge is 0.240 e. The normalized spacial score (nSPS) is 17.6. The van der Waals surface area contributed by atoms with Crippen LogP contribution in [0.3, 0.4) is 0 Å². The summed E-state index contributed by atoms with van der Waals surface area (Å²) in [5.41, 5.74) is -0.862. The number of nitriles is 1. The van der Waals surface area contributed by atoms with E-state index in [0.717, 1.165) is 19.3 Å². The van der Waals surface area contributed by atoms with Crippen LogP contribution in [-0.4, -0.2) is 24.9 Å². The molecule has 2 N–H and O–H groups in total. The van der Waals surface area contributed by atoms with Crippen molar-refractivity contribution in [2.45, 2.75) is 45.4 Å². The van der Waals surface area contributed by atoms with E-state index in [9.17, 15) is 14.9 Å². The number of amides is 2. The molecule has 2 amide bonds. The molecule has 100 valence electrons. The van der Waals surface area contributed by atoms with Gasteiger partial charge in [0.1, 0.15) is 5.41 Å². The van der Waals surface area contributed by atoms with Crippen molar-refractivity contribution in [3.63, 3.8) is 0 Å². The molecule has 1 saturated carbocycles. The lowest BCUT2D eigenvalue weighted by atomic mass is 9.74. The maximum atomic E-state index is 12.0. The zero-order chi connectivity index (χ0) is 13.4. The number of hydrogen-bond donors (Lipinski definition) is 2. The van der Waals surface area contributed by atoms with Gasteiger partial charge in [-0.25, -0.2) is 0 Å². The van der Waals surface area contributed by atoms with Crippen molar-refractivity contribution >= 4 is 11.8 Å². The van der Waals surface area contributed by atoms with Crippen molar-refractivity contribution in [2.24, 2.45) is 5.41 Å². The Balaban J connectivity index is 2.39. The molecule has 1 rings (SSSR count). The van der Waals surface area contributed by atoms with Crippen LogP contribution in [0.1, 0.15) is 45.4 Å². The van der Waals surface area contributed by atoms with Crippen LogP contribution in [0, 0.1) is 16.7 Å². The molecule has 0 radical (unpaired) electrons. The quantitative estimate of drug-likeness (QED) is 0.767. The van der Waals surface area contributed by atoms with E-state index >= 15 is 0 Å². The number of carbonyl (C=O) groups is 2. The lowest BCUT2D eigenvalue weighted by Gasteiger charge is -2.29. The number of hydrogen-bond acceptors (Lipinski definition) is 3. The fraction of sp³-hybridized carbons (Fsp3) is 0.769. The van der Waals surface area contributed by atoms with Crippen LogP contribution in [-0.2, 0) is 9.59 Å². The van der Waals surface area contributed by atoms with Crippen LogP contribution < -0.4 is 10.6 Å². The van der Waals surface area contributed by atoms with E-state index in [4.69, 9.17) is 0 Å². The van der Waals surface area contributed by atoms with Gasteiger partial charge in [-0.05, 0) is 19.8 Å². The Morgan fingerprint density at radius 3 is 2.44 bits per heavy atom. The van der Waals surface area contributed by atoms with Gasteiger partial charge in [0.25, 0.3) is 0 Å². The molecule has 5 nitrogen and oxygen atoms in total. The van der Waals surface area contributed by atoms with E-state index < -0.39 is 5.41 Å². The summed E-state index contributed by atoms with van der Waals surface area (Å²) < 4.78 is 0. The highest BCUT2D eigenvalue weighted by molar-refractivity contribution is 5.86. The lowest BCUT2D eigenvalue weighted by Crippen LogP contribution is -2.42. The van der Waals surface area contributed by atoms with Crippen molar-refractivity contribution in [3.05, 3.63) is 0 Å². The second kappa shape index (κ2) is 7.00. The highest BCUT2D eigenvalue weighted by Crippen LogP contribution is 2.35. The number of nitrogens with zero attached hydrogens (tertiary/aromatic N) is 1. The van der Waals surface area contributed by atoms with Gasteiger partial charge in [0, 0.05) is 19.5 Å². The average Bonchev–Trinajstić information content (AvgIpc) is 2.39. The molecule has 1 aliphatic carbocycles. The summed E-state index contributed by atoms with van der Waals surface area (Å²) >= 11 is 0. The Bertz CT molecular complexity index is 341. The first-order valence-corrected chi connectivity index (χ1v) is 6.61. The summed E-state index contributed by atoms with van der Waals surface area (Å²) in [5, 5.41) is 14.6. The molecular formula is C13H21N3O2. The van der Waals surface area contributed by atoms with Gasteiger partial charge in [0.05, 0.1) is 6.07 Å². The molecule has 18 heavy (non-hydrogen) atoms. The minimum atomic E-state index is -0.862. The Morgan fingerprint density at radius 2 is 1.89 bits per heavy atom. The maximum Gasteiger partial charge on any atom is 0.240 e. The van der Waals surface area contributed by atoms with E-state index in [1.54, 1.807) is 0 Å². The molecule has 5 heteroatoms. The second-order valence-corrected chi connectivity index (χ2v) is 4.71. The van der Waals surface area contributed by atoms with Gasteiger partial charge in [-0.15, -0.1) is 0 Å². The van der Waals surface area contributed by atoms with Crippen LogP contribution in [0.2, 0.25) is 0 Å². The molecule has 0 saturated heterocycles. The third kappa shape index (κ3) is 3.73. The van der Waals surface area contributed by atoms with Crippen LogP contribution >= 0.6 is 0 Å². The zero-order valence-corrected chi connectivity index (χ0v) is 10.9. The number of carbonyl (C=O) groups excluding carboxylic acids is 2. The van der Waals surface area contributed by atoms with Crippen LogP contribution in [0.25, 0.3) is 0 Å². The second-order valence-electron chi connectivity index (χ2n) is 4.71. The molecule has 1 fully saturated rings. The molecule has 0 spiro atoms. The Morgan fingerprint density at radius 1 is 1.22 bits per heavy atom. The van der Waals surface area contributed by atoms with Gasteiger partial charge in [-0.1, -0.05) is 19.3 Å². The minimum absolute atomic E-state index is 0.0764. The van der Waals surface area contributed by atoms with E-state index in [-0.39, 0.29) is 18.2 Å². The average molecular weight is 251 g/mol. The van der Waals surface area contributed by atoms with E-state index in [1.807, 2.05) is 6.92 Å². The molecule has 0 aromatic carbocycles. The Hall–Kier alpha value is -1.57. The molecule has 0 bridgehead atoms. The van der Waals surface area contributed by atoms with Crippen molar-refractivity contribution in [3.8, 4) is 6.07 Å². The minimum Gasteiger partial charge on any atom is -0.356 e. The topological polar surface area (TPSA) is 82.0 Å². The fourth-order valence-electron chi connectivity index (χ4n) is 2.29. The van der Waals surface area contributed by atoms with Crippen LogP contribution in [0.15, 0.2) is 0 Å². The predicted octanol–water partition coefficient (Wildman–Crippen LogP) is 1.10. The first kappa shape index (κ1) is 14.5. The third-order valence-corrected chi connectivity index (χ3v) is 3.37. The van der Waals surface area contributed by atoms with Crippen LogP contribution in [0.5, 0.6) is 0 Å². The van der Waals surface area contributed by atoms with Crippen molar-refractivity contribution in [1.82, 2.24) is 10.6 Å². The van der Waals surface area contributed by atoms with Crippen molar-refractivity contribution in [1.29, 1.82) is 5.26 Å². The first-order valence-electron chi connectivity index (χ1n) is 6.61. The van der Waals surface area contributed by atoms with Gasteiger partial charge in [-0.3, -0.25) is 9.59 Å². The summed E-state index contributed by atoms with van der Waals surface area (Å²) in [6.45, 7) is 2.74. The van der Waals surface area contributed by atoms with E-state index in [2.05, 4.69) is 16.7 Å². The molecular weight excluding hydrogens is 230 g/mol. The van der Waals surface area contributed by atoms with Crippen LogP contribution in [0.4, 0.5) is 0 Å². The fourth-order valence-corrected chi connectivity index (χ4v) is 2.29. The Labute approximate surface area is 108 Å². The largest absolute Gasteiger partial charge is 0.356 e. The summed E-state index contributed by atoms with van der Waals surface area (Å²) in [5.74, 6) is -0.290. The highest BCUT2D eigenvalue weighted by atomic mass is 16.2. The number of nitrogens with one attached hydrogen (secondary N) is 2. The van der Waals surface area contributed by atoms with Gasteiger partial charge in [-0.2, -0.15) is 5.26 Å². The molecule has 0 aliphatic heterocycles. The molecule has 0 heterocycles. The maximum absolute atomic E-state index is 12.0. The van der Waals surface area contributed by atoms with Crippen molar-refractivity contribution < 1.29 is 9.59 Å². The summed E-state index contributed by atoms with van der Waals surface area (Å²) in [7, 11) is 0. The highest BCUT2D eigenvalue weighted by Gasteiger charge is 2.39. The van der Waals surface area contributed by atoms with Gasteiger partial charge in [0.2, 0.25) is 11.8 Å². The molecule has 0 aromatic heterocycles. The Kier molecular flexibility index (Phi) is 5.63. The van der Waals surface area contributed by atoms with Gasteiger partial charge < -0.3 is 10.6 Å². The zero-order valence-electron chi connectivity index (χ0n) is 10.9. The molecule has 0 atom stereocenters. The predicted molar refractivity (Wildman–Crippen MR) is 67.4 cm³/mol. The summed E-state index contributed by atoms with van der Waals surface area (Å²) in [4.78, 5) is 23.2. The van der Waals surface area contributed by atoms with E-state index in [1.165, 1.54) is 0 Å². The first-order chi connectivity index (χ1) is 8.64. The van der Waals surface area contributed by atoms with Gasteiger partial charge >= 0.3 is 0 Å². The standard InChI is InChI=1S/C13H21N3O2/c1-2-15-11(17)6-9-16-12(18)13(10-14)7-4-3-5-8-13/h2-9H2,1H3,(H,15,17)(H,16,18). The number of rotatable bonds is 5. The SMILES string of the molecule is CCNC(=O)CCNC(=O)C1(C#N)CCCCC1. The summed E-state index contributed by atoms with van der Waals surface area (Å²) in [6.07, 6.45) is 4.48. The lowest BCUT2D eigenvalue weighted by molar-refractivity contribution is -0.129. The molecule has 0 unspecified atom stereocenters. The summed E-state index contributed by atoms with van der Waals surface area (Å²) in [6, 6.07) is 2.17. The van der Waals surface area contributed by atoms with E-state index in [0.29, 0.717) is 25.9 Å². The monoisotopic (exact) mass is 251 g/mol. The molecule has 0 aromatic rings.